The molecule has 0 bridgehead atoms. The molecule has 20 heavy (non-hydrogen) atoms. The summed E-state index contributed by atoms with van der Waals surface area (Å²) in [6.07, 6.45) is 1.40. The van der Waals surface area contributed by atoms with E-state index in [4.69, 9.17) is 5.73 Å². The molecule has 6 nitrogen and oxygen atoms in total. The molecule has 0 saturated carbocycles. The molecular formula is C14H15N5O. The second-order valence-electron chi connectivity index (χ2n) is 4.21. The molecule has 1 aromatic heterocycles. The first-order valence-electron chi connectivity index (χ1n) is 6.12. The summed E-state index contributed by atoms with van der Waals surface area (Å²) in [4.78, 5) is 16.0. The van der Waals surface area contributed by atoms with Gasteiger partial charge >= 0.3 is 0 Å². The molecule has 0 saturated heterocycles. The monoisotopic (exact) mass is 269 g/mol. The van der Waals surface area contributed by atoms with Crippen LogP contribution < -0.4 is 11.1 Å². The average molecular weight is 269 g/mol. The summed E-state index contributed by atoms with van der Waals surface area (Å²) in [5.41, 5.74) is 7.65. The summed E-state index contributed by atoms with van der Waals surface area (Å²) < 4.78 is 0. The Morgan fingerprint density at radius 2 is 2.30 bits per heavy atom. The number of nitrogens with one attached hydrogen (secondary N) is 2. The fourth-order valence-corrected chi connectivity index (χ4v) is 1.72. The van der Waals surface area contributed by atoms with Gasteiger partial charge in [0.25, 0.3) is 5.91 Å². The van der Waals surface area contributed by atoms with Crippen molar-refractivity contribution in [2.24, 2.45) is 5.73 Å². The summed E-state index contributed by atoms with van der Waals surface area (Å²) in [5, 5.41) is 9.17. The number of amides is 1. The Bertz CT molecular complexity index is 652. The minimum atomic E-state index is -0.180. The molecule has 4 N–H and O–H groups in total. The normalized spacial score (nSPS) is 9.70. The van der Waals surface area contributed by atoms with Crippen molar-refractivity contribution < 1.29 is 4.79 Å². The maximum Gasteiger partial charge on any atom is 0.251 e. The van der Waals surface area contributed by atoms with Gasteiger partial charge in [-0.2, -0.15) is 5.10 Å². The fraction of sp³-hybridized carbons (Fsp3) is 0.214. The second-order valence-corrected chi connectivity index (χ2v) is 4.21. The number of aromatic amines is 1. The van der Waals surface area contributed by atoms with Crippen molar-refractivity contribution in [1.82, 2.24) is 20.5 Å². The van der Waals surface area contributed by atoms with Crippen LogP contribution in [0, 0.1) is 18.8 Å². The fourth-order valence-electron chi connectivity index (χ4n) is 1.72. The van der Waals surface area contributed by atoms with Crippen molar-refractivity contribution in [2.75, 3.05) is 6.54 Å². The Labute approximate surface area is 116 Å². The van der Waals surface area contributed by atoms with Gasteiger partial charge in [-0.25, -0.2) is 4.98 Å². The van der Waals surface area contributed by atoms with Gasteiger partial charge in [0.15, 0.2) is 0 Å². The largest absolute Gasteiger partial charge is 0.345 e. The van der Waals surface area contributed by atoms with Crippen molar-refractivity contribution in [1.29, 1.82) is 0 Å². The van der Waals surface area contributed by atoms with Gasteiger partial charge in [-0.3, -0.25) is 9.89 Å². The summed E-state index contributed by atoms with van der Waals surface area (Å²) in [6, 6.07) is 5.46. The second kappa shape index (κ2) is 6.50. The number of aromatic nitrogens is 3. The minimum absolute atomic E-state index is 0.180. The van der Waals surface area contributed by atoms with Crippen LogP contribution in [0.2, 0.25) is 0 Å². The lowest BCUT2D eigenvalue weighted by atomic mass is 10.1. The standard InChI is InChI=1S/C14H15N5O/c1-10-5-11(3-2-4-15)7-12(6-10)14(20)16-8-13-17-9-18-19-13/h5-7,9H,4,8,15H2,1H3,(H,16,20)(H,17,18,19). The van der Waals surface area contributed by atoms with Gasteiger partial charge in [-0.15, -0.1) is 0 Å². The number of hydrogen-bond donors (Lipinski definition) is 3. The van der Waals surface area contributed by atoms with Crippen LogP contribution in [0.3, 0.4) is 0 Å². The van der Waals surface area contributed by atoms with Crippen molar-refractivity contribution >= 4 is 5.91 Å². The van der Waals surface area contributed by atoms with Gasteiger partial charge in [0.05, 0.1) is 13.1 Å². The Hall–Kier alpha value is -2.65. The SMILES string of the molecule is Cc1cc(C#CCN)cc(C(=O)NCc2ncn[nH]2)c1. The quantitative estimate of drug-likeness (QED) is 0.701. The van der Waals surface area contributed by atoms with Gasteiger partial charge in [-0.1, -0.05) is 11.8 Å². The van der Waals surface area contributed by atoms with Crippen LogP contribution in [0.4, 0.5) is 0 Å². The van der Waals surface area contributed by atoms with Crippen molar-refractivity contribution in [2.45, 2.75) is 13.5 Å². The highest BCUT2D eigenvalue weighted by Gasteiger charge is 2.07. The van der Waals surface area contributed by atoms with Crippen molar-refractivity contribution in [3.8, 4) is 11.8 Å². The summed E-state index contributed by atoms with van der Waals surface area (Å²) >= 11 is 0. The molecule has 0 aliphatic heterocycles. The Morgan fingerprint density at radius 1 is 1.45 bits per heavy atom. The molecule has 1 aromatic carbocycles. The number of hydrogen-bond acceptors (Lipinski definition) is 4. The zero-order valence-corrected chi connectivity index (χ0v) is 11.1. The lowest BCUT2D eigenvalue weighted by Gasteiger charge is -2.05. The summed E-state index contributed by atoms with van der Waals surface area (Å²) in [7, 11) is 0. The molecule has 0 spiro atoms. The zero-order chi connectivity index (χ0) is 14.4. The molecular weight excluding hydrogens is 254 g/mol. The maximum atomic E-state index is 12.1. The van der Waals surface area contributed by atoms with Crippen molar-refractivity contribution in [3.05, 3.63) is 47.0 Å². The van der Waals surface area contributed by atoms with E-state index < -0.39 is 0 Å². The predicted octanol–water partition coefficient (Wildman–Crippen LogP) is 0.353. The lowest BCUT2D eigenvalue weighted by molar-refractivity contribution is 0.0950. The average Bonchev–Trinajstić information content (AvgIpc) is 2.95. The molecule has 2 aromatic rings. The van der Waals surface area contributed by atoms with E-state index in [1.54, 1.807) is 6.07 Å². The zero-order valence-electron chi connectivity index (χ0n) is 11.1. The van der Waals surface area contributed by atoms with E-state index in [1.807, 2.05) is 19.1 Å². The van der Waals surface area contributed by atoms with Gasteiger partial charge in [0.2, 0.25) is 0 Å². The van der Waals surface area contributed by atoms with Gasteiger partial charge < -0.3 is 11.1 Å². The highest BCUT2D eigenvalue weighted by molar-refractivity contribution is 5.94. The van der Waals surface area contributed by atoms with Crippen LogP contribution >= 0.6 is 0 Å². The molecule has 6 heteroatoms. The van der Waals surface area contributed by atoms with E-state index in [0.29, 0.717) is 24.5 Å². The van der Waals surface area contributed by atoms with E-state index in [1.165, 1.54) is 6.33 Å². The van der Waals surface area contributed by atoms with Crippen LogP contribution in [-0.4, -0.2) is 27.6 Å². The summed E-state index contributed by atoms with van der Waals surface area (Å²) in [5.74, 6) is 6.13. The smallest absolute Gasteiger partial charge is 0.251 e. The number of H-pyrrole nitrogens is 1. The first kappa shape index (κ1) is 13.8. The van der Waals surface area contributed by atoms with E-state index in [9.17, 15) is 4.79 Å². The number of nitrogens with zero attached hydrogens (tertiary/aromatic N) is 2. The third kappa shape index (κ3) is 3.67. The molecule has 1 amide bonds. The number of carbonyl (C=O) groups is 1. The Kier molecular flexibility index (Phi) is 4.47. The van der Waals surface area contributed by atoms with Crippen LogP contribution in [0.1, 0.15) is 27.3 Å². The van der Waals surface area contributed by atoms with Gasteiger partial charge in [-0.05, 0) is 30.7 Å². The maximum absolute atomic E-state index is 12.1. The van der Waals surface area contributed by atoms with E-state index in [-0.39, 0.29) is 5.91 Å². The third-order valence-electron chi connectivity index (χ3n) is 2.56. The first-order chi connectivity index (χ1) is 9.69. The molecule has 0 aliphatic rings. The number of carbonyl (C=O) groups excluding carboxylic acids is 1. The number of nitrogens with two attached hydrogens (primary N) is 1. The molecule has 0 atom stereocenters. The summed E-state index contributed by atoms with van der Waals surface area (Å²) in [6.45, 7) is 2.51. The number of aryl methyl sites for hydroxylation is 1. The molecule has 0 aliphatic carbocycles. The first-order valence-corrected chi connectivity index (χ1v) is 6.12. The number of rotatable bonds is 3. The Morgan fingerprint density at radius 3 is 3.00 bits per heavy atom. The molecule has 2 rings (SSSR count). The van der Waals surface area contributed by atoms with Gasteiger partial charge in [0.1, 0.15) is 12.2 Å². The molecule has 0 unspecified atom stereocenters. The minimum Gasteiger partial charge on any atom is -0.345 e. The predicted molar refractivity (Wildman–Crippen MR) is 74.7 cm³/mol. The van der Waals surface area contributed by atoms with Crippen LogP contribution in [-0.2, 0) is 6.54 Å². The number of benzene rings is 1. The van der Waals surface area contributed by atoms with Gasteiger partial charge in [0, 0.05) is 11.1 Å². The van der Waals surface area contributed by atoms with Crippen molar-refractivity contribution in [3.63, 3.8) is 0 Å². The molecule has 1 heterocycles. The molecule has 0 fully saturated rings. The third-order valence-corrected chi connectivity index (χ3v) is 2.56. The Balaban J connectivity index is 2.10. The highest BCUT2D eigenvalue weighted by Crippen LogP contribution is 2.09. The van der Waals surface area contributed by atoms with Crippen LogP contribution in [0.25, 0.3) is 0 Å². The van der Waals surface area contributed by atoms with Crippen LogP contribution in [0.15, 0.2) is 24.5 Å². The van der Waals surface area contributed by atoms with Crippen LogP contribution in [0.5, 0.6) is 0 Å². The topological polar surface area (TPSA) is 96.7 Å². The van der Waals surface area contributed by atoms with E-state index in [0.717, 1.165) is 11.1 Å². The molecule has 0 radical (unpaired) electrons. The molecule has 102 valence electrons. The van der Waals surface area contributed by atoms with E-state index in [2.05, 4.69) is 32.3 Å². The highest BCUT2D eigenvalue weighted by atomic mass is 16.1. The van der Waals surface area contributed by atoms with E-state index >= 15 is 0 Å². The lowest BCUT2D eigenvalue weighted by Crippen LogP contribution is -2.23.